The molecule has 2 aromatic heterocycles. The van der Waals surface area contributed by atoms with Crippen LogP contribution >= 0.6 is 0 Å². The molecule has 4 aromatic rings. The monoisotopic (exact) mass is 404 g/mol. The lowest BCUT2D eigenvalue weighted by molar-refractivity contribution is 0.0791. The number of hydrogen-bond acceptors (Lipinski definition) is 4. The number of aromatic nitrogens is 3. The van der Waals surface area contributed by atoms with E-state index in [1.807, 2.05) is 18.2 Å². The zero-order chi connectivity index (χ0) is 21.3. The molecule has 0 aliphatic carbocycles. The maximum Gasteiger partial charge on any atom is 0.258 e. The molecule has 6 nitrogen and oxygen atoms in total. The van der Waals surface area contributed by atoms with Crippen molar-refractivity contribution in [3.05, 3.63) is 70.8 Å². The molecule has 7 heteroatoms. The van der Waals surface area contributed by atoms with Gasteiger partial charge in [0.1, 0.15) is 0 Å². The van der Waals surface area contributed by atoms with Gasteiger partial charge >= 0.3 is 0 Å². The third-order valence-electron chi connectivity index (χ3n) is 5.14. The Hall–Kier alpha value is -3.61. The fourth-order valence-corrected chi connectivity index (χ4v) is 3.41. The first kappa shape index (κ1) is 19.7. The van der Waals surface area contributed by atoms with Gasteiger partial charge in [-0.25, -0.2) is 4.98 Å². The van der Waals surface area contributed by atoms with E-state index >= 15 is 0 Å². The van der Waals surface area contributed by atoms with Gasteiger partial charge in [0.25, 0.3) is 11.5 Å². The summed E-state index contributed by atoms with van der Waals surface area (Å²) in [5, 5.41) is 1.47. The van der Waals surface area contributed by atoms with Gasteiger partial charge < -0.3 is 9.47 Å². The van der Waals surface area contributed by atoms with Crippen LogP contribution in [-0.2, 0) is 7.05 Å². The zero-order valence-corrected chi connectivity index (χ0v) is 16.8. The van der Waals surface area contributed by atoms with Crippen molar-refractivity contribution in [2.45, 2.75) is 6.42 Å². The van der Waals surface area contributed by atoms with Gasteiger partial charge in [0.15, 0.2) is 0 Å². The van der Waals surface area contributed by atoms with Gasteiger partial charge in [-0.1, -0.05) is 6.07 Å². The number of carbonyl (C=O) groups is 1. The number of aryl methyl sites for hydroxylation is 1. The van der Waals surface area contributed by atoms with Crippen molar-refractivity contribution in [1.29, 1.82) is 0 Å². The largest absolute Gasteiger partial charge is 0.342 e. The molecule has 0 unspecified atom stereocenters. The van der Waals surface area contributed by atoms with E-state index in [9.17, 15) is 14.0 Å². The number of hydrogen-bond donors (Lipinski definition) is 0. The maximum atomic E-state index is 12.6. The molecular weight excluding hydrogens is 383 g/mol. The molecule has 0 aliphatic rings. The molecule has 30 heavy (non-hydrogen) atoms. The van der Waals surface area contributed by atoms with Gasteiger partial charge in [0, 0.05) is 43.4 Å². The van der Waals surface area contributed by atoms with Crippen molar-refractivity contribution in [2.24, 2.45) is 7.05 Å². The van der Waals surface area contributed by atoms with E-state index in [1.165, 1.54) is 4.90 Å². The highest BCUT2D eigenvalue weighted by atomic mass is 19.1. The average Bonchev–Trinajstić information content (AvgIpc) is 2.78. The second kappa shape index (κ2) is 8.02. The Bertz CT molecular complexity index is 1320. The Morgan fingerprint density at radius 2 is 1.97 bits per heavy atom. The number of nitrogens with zero attached hydrogens (tertiary/aromatic N) is 4. The summed E-state index contributed by atoms with van der Waals surface area (Å²) in [5.41, 5.74) is 3.20. The third kappa shape index (κ3) is 3.66. The summed E-state index contributed by atoms with van der Waals surface area (Å²) in [6.45, 7) is -0.0995. The molecule has 2 aromatic carbocycles. The minimum Gasteiger partial charge on any atom is -0.342 e. The Morgan fingerprint density at radius 3 is 2.77 bits per heavy atom. The van der Waals surface area contributed by atoms with Gasteiger partial charge in [-0.2, -0.15) is 0 Å². The fraction of sp³-hybridized carbons (Fsp3) is 0.217. The number of halogens is 1. The summed E-state index contributed by atoms with van der Waals surface area (Å²) in [6, 6.07) is 12.6. The van der Waals surface area contributed by atoms with Gasteiger partial charge in [-0.3, -0.25) is 19.0 Å². The van der Waals surface area contributed by atoms with Crippen LogP contribution in [-0.4, -0.2) is 45.6 Å². The molecule has 2 heterocycles. The molecule has 0 N–H and O–H groups in total. The van der Waals surface area contributed by atoms with E-state index in [0.29, 0.717) is 40.6 Å². The van der Waals surface area contributed by atoms with E-state index in [1.54, 1.807) is 55.3 Å². The number of rotatable bonds is 5. The second-order valence-corrected chi connectivity index (χ2v) is 7.26. The lowest BCUT2D eigenvalue weighted by Gasteiger charge is -2.16. The molecule has 0 spiro atoms. The van der Waals surface area contributed by atoms with E-state index in [-0.39, 0.29) is 11.5 Å². The van der Waals surface area contributed by atoms with Gasteiger partial charge in [0.05, 0.1) is 29.6 Å². The molecule has 0 atom stereocenters. The normalized spacial score (nSPS) is 11.2. The molecule has 4 rings (SSSR count). The zero-order valence-electron chi connectivity index (χ0n) is 16.8. The van der Waals surface area contributed by atoms with E-state index in [0.717, 1.165) is 10.9 Å². The highest BCUT2D eigenvalue weighted by molar-refractivity contribution is 5.97. The predicted molar refractivity (Wildman–Crippen MR) is 115 cm³/mol. The van der Waals surface area contributed by atoms with Gasteiger partial charge in [-0.15, -0.1) is 0 Å². The molecule has 0 saturated carbocycles. The number of alkyl halides is 1. The Morgan fingerprint density at radius 1 is 1.13 bits per heavy atom. The number of fused-ring (bicyclic) bond motifs is 2. The summed E-state index contributed by atoms with van der Waals surface area (Å²) in [5.74, 6) is -0.181. The summed E-state index contributed by atoms with van der Waals surface area (Å²) in [7, 11) is 3.38. The van der Waals surface area contributed by atoms with Crippen molar-refractivity contribution >= 4 is 27.7 Å². The molecule has 152 valence electrons. The van der Waals surface area contributed by atoms with Crippen LogP contribution < -0.4 is 5.56 Å². The number of amides is 1. The Labute approximate surface area is 172 Å². The standard InChI is InChI=1S/C23H21FN4O2/c1-27(10-3-9-24)22(29)17-5-7-19-20(13-17)26-21(14-25-19)16-4-6-18-15(12-16)8-11-28(2)23(18)30/h4-8,11-14H,3,9-10H2,1-2H3. The summed E-state index contributed by atoms with van der Waals surface area (Å²) < 4.78 is 13.9. The average molecular weight is 404 g/mol. The van der Waals surface area contributed by atoms with Crippen LogP contribution in [0, 0.1) is 0 Å². The molecule has 1 amide bonds. The van der Waals surface area contributed by atoms with Crippen molar-refractivity contribution in [3.8, 4) is 11.3 Å². The molecule has 0 aliphatic heterocycles. The molecule has 0 fully saturated rings. The summed E-state index contributed by atoms with van der Waals surface area (Å²) >= 11 is 0. The van der Waals surface area contributed by atoms with Crippen LogP contribution in [0.25, 0.3) is 33.1 Å². The number of pyridine rings is 1. The topological polar surface area (TPSA) is 68.1 Å². The van der Waals surface area contributed by atoms with Gasteiger partial charge in [0.2, 0.25) is 0 Å². The van der Waals surface area contributed by atoms with Crippen molar-refractivity contribution in [2.75, 3.05) is 20.3 Å². The Kier molecular flexibility index (Phi) is 5.27. The minimum absolute atomic E-state index is 0.0521. The first-order valence-corrected chi connectivity index (χ1v) is 9.66. The SMILES string of the molecule is CN(CCCF)C(=O)c1ccc2ncc(-c3ccc4c(=O)n(C)ccc4c3)nc2c1. The van der Waals surface area contributed by atoms with E-state index in [2.05, 4.69) is 9.97 Å². The molecule has 0 radical (unpaired) electrons. The van der Waals surface area contributed by atoms with Crippen LogP contribution in [0.1, 0.15) is 16.8 Å². The van der Waals surface area contributed by atoms with Crippen LogP contribution in [0.2, 0.25) is 0 Å². The van der Waals surface area contributed by atoms with Crippen molar-refractivity contribution < 1.29 is 9.18 Å². The van der Waals surface area contributed by atoms with Crippen molar-refractivity contribution in [1.82, 2.24) is 19.4 Å². The first-order chi connectivity index (χ1) is 14.5. The molecule has 0 bridgehead atoms. The Balaban J connectivity index is 1.72. The second-order valence-electron chi connectivity index (χ2n) is 7.26. The van der Waals surface area contributed by atoms with Crippen LogP contribution in [0.3, 0.4) is 0 Å². The third-order valence-corrected chi connectivity index (χ3v) is 5.14. The minimum atomic E-state index is -0.456. The highest BCUT2D eigenvalue weighted by Crippen LogP contribution is 2.23. The van der Waals surface area contributed by atoms with Crippen LogP contribution in [0.4, 0.5) is 4.39 Å². The highest BCUT2D eigenvalue weighted by Gasteiger charge is 2.13. The lowest BCUT2D eigenvalue weighted by atomic mass is 10.1. The number of benzene rings is 2. The van der Waals surface area contributed by atoms with Crippen molar-refractivity contribution in [3.63, 3.8) is 0 Å². The fourth-order valence-electron chi connectivity index (χ4n) is 3.41. The quantitative estimate of drug-likeness (QED) is 0.510. The summed E-state index contributed by atoms with van der Waals surface area (Å²) in [6.07, 6.45) is 3.72. The number of carbonyl (C=O) groups excluding carboxylic acids is 1. The smallest absolute Gasteiger partial charge is 0.258 e. The van der Waals surface area contributed by atoms with E-state index < -0.39 is 6.67 Å². The molecule has 0 saturated heterocycles. The van der Waals surface area contributed by atoms with Crippen LogP contribution in [0.15, 0.2) is 59.7 Å². The first-order valence-electron chi connectivity index (χ1n) is 9.66. The molecular formula is C23H21FN4O2. The van der Waals surface area contributed by atoms with Crippen LogP contribution in [0.5, 0.6) is 0 Å². The maximum absolute atomic E-state index is 12.6. The van der Waals surface area contributed by atoms with Gasteiger partial charge in [-0.05, 0) is 48.2 Å². The van der Waals surface area contributed by atoms with E-state index in [4.69, 9.17) is 0 Å². The predicted octanol–water partition coefficient (Wildman–Crippen LogP) is 3.58. The summed E-state index contributed by atoms with van der Waals surface area (Å²) in [4.78, 5) is 35.5. The lowest BCUT2D eigenvalue weighted by Crippen LogP contribution is -2.28.